The quantitative estimate of drug-likeness (QED) is 0.712. The van der Waals surface area contributed by atoms with Gasteiger partial charge in [0.2, 0.25) is 5.91 Å². The number of ether oxygens (including phenoxy) is 1. The van der Waals surface area contributed by atoms with Crippen LogP contribution < -0.4 is 15.8 Å². The van der Waals surface area contributed by atoms with Crippen LogP contribution >= 0.6 is 11.3 Å². The zero-order valence-electron chi connectivity index (χ0n) is 13.1. The van der Waals surface area contributed by atoms with Gasteiger partial charge < -0.3 is 15.8 Å². The summed E-state index contributed by atoms with van der Waals surface area (Å²) in [5, 5.41) is 4.64. The predicted molar refractivity (Wildman–Crippen MR) is 95.8 cm³/mol. The van der Waals surface area contributed by atoms with Gasteiger partial charge >= 0.3 is 0 Å². The zero-order valence-corrected chi connectivity index (χ0v) is 14.0. The second kappa shape index (κ2) is 7.59. The van der Waals surface area contributed by atoms with Gasteiger partial charge in [0.05, 0.1) is 11.2 Å². The molecule has 0 spiro atoms. The van der Waals surface area contributed by atoms with E-state index in [1.54, 1.807) is 48.0 Å². The number of carbonyl (C=O) groups excluding carboxylic acids is 2. The number of hydrogen-bond acceptors (Lipinski definition) is 5. The van der Waals surface area contributed by atoms with Gasteiger partial charge in [0, 0.05) is 22.2 Å². The Bertz CT molecular complexity index is 894. The SMILES string of the molecule is NC(=O)c1cccc(NC(=O)c2cccc(OCc3cscn3)c2)c1. The summed E-state index contributed by atoms with van der Waals surface area (Å²) in [6, 6.07) is 13.3. The lowest BCUT2D eigenvalue weighted by Crippen LogP contribution is -2.14. The summed E-state index contributed by atoms with van der Waals surface area (Å²) in [6.07, 6.45) is 0. The molecule has 1 aromatic heterocycles. The fraction of sp³-hybridized carbons (Fsp3) is 0.0556. The molecule has 25 heavy (non-hydrogen) atoms. The van der Waals surface area contributed by atoms with Crippen LogP contribution in [-0.4, -0.2) is 16.8 Å². The highest BCUT2D eigenvalue weighted by molar-refractivity contribution is 7.07. The number of nitrogens with one attached hydrogen (secondary N) is 1. The van der Waals surface area contributed by atoms with E-state index < -0.39 is 5.91 Å². The molecule has 3 aromatic rings. The number of hydrogen-bond donors (Lipinski definition) is 2. The molecule has 0 bridgehead atoms. The number of thiazole rings is 1. The molecule has 0 aliphatic heterocycles. The minimum absolute atomic E-state index is 0.305. The molecule has 1 heterocycles. The summed E-state index contributed by atoms with van der Waals surface area (Å²) < 4.78 is 5.64. The Labute approximate surface area is 148 Å². The number of nitrogens with zero attached hydrogens (tertiary/aromatic N) is 1. The summed E-state index contributed by atoms with van der Waals surface area (Å²) in [7, 11) is 0. The van der Waals surface area contributed by atoms with Gasteiger partial charge in [-0.25, -0.2) is 4.98 Å². The van der Waals surface area contributed by atoms with E-state index in [-0.39, 0.29) is 5.91 Å². The maximum atomic E-state index is 12.4. The molecule has 0 unspecified atom stereocenters. The fourth-order valence-corrected chi connectivity index (χ4v) is 2.69. The first-order valence-corrected chi connectivity index (χ1v) is 8.37. The largest absolute Gasteiger partial charge is 0.487 e. The normalized spacial score (nSPS) is 10.2. The molecule has 0 saturated carbocycles. The molecule has 0 fully saturated rings. The summed E-state index contributed by atoms with van der Waals surface area (Å²) in [6.45, 7) is 0.342. The highest BCUT2D eigenvalue weighted by atomic mass is 32.1. The summed E-state index contributed by atoms with van der Waals surface area (Å²) in [5.41, 5.74) is 9.09. The highest BCUT2D eigenvalue weighted by Crippen LogP contribution is 2.17. The molecule has 7 heteroatoms. The second-order valence-electron chi connectivity index (χ2n) is 5.20. The maximum absolute atomic E-state index is 12.4. The molecule has 2 aromatic carbocycles. The van der Waals surface area contributed by atoms with Crippen molar-refractivity contribution in [1.82, 2.24) is 4.98 Å². The number of benzene rings is 2. The lowest BCUT2D eigenvalue weighted by atomic mass is 10.1. The molecule has 0 radical (unpaired) electrons. The lowest BCUT2D eigenvalue weighted by Gasteiger charge is -2.08. The Morgan fingerprint density at radius 1 is 1.12 bits per heavy atom. The van der Waals surface area contributed by atoms with E-state index >= 15 is 0 Å². The van der Waals surface area contributed by atoms with Gasteiger partial charge in [-0.2, -0.15) is 0 Å². The van der Waals surface area contributed by atoms with Gasteiger partial charge in [-0.1, -0.05) is 12.1 Å². The van der Waals surface area contributed by atoms with Gasteiger partial charge in [-0.05, 0) is 36.4 Å². The third-order valence-electron chi connectivity index (χ3n) is 3.37. The van der Waals surface area contributed by atoms with E-state index in [4.69, 9.17) is 10.5 Å². The van der Waals surface area contributed by atoms with E-state index in [1.807, 2.05) is 5.38 Å². The molecule has 0 aliphatic carbocycles. The molecule has 0 atom stereocenters. The number of amides is 2. The number of carbonyl (C=O) groups is 2. The summed E-state index contributed by atoms with van der Waals surface area (Å²) >= 11 is 1.50. The molecular weight excluding hydrogens is 338 g/mol. The monoisotopic (exact) mass is 353 g/mol. The van der Waals surface area contributed by atoms with Crippen LogP contribution in [0.4, 0.5) is 5.69 Å². The van der Waals surface area contributed by atoms with Crippen LogP contribution in [0.2, 0.25) is 0 Å². The third-order valence-corrected chi connectivity index (χ3v) is 4.01. The van der Waals surface area contributed by atoms with E-state index in [1.165, 1.54) is 17.4 Å². The first-order valence-electron chi connectivity index (χ1n) is 7.43. The second-order valence-corrected chi connectivity index (χ2v) is 5.91. The standard InChI is InChI=1S/C18H15N3O3S/c19-17(22)12-3-1-5-14(7-12)21-18(23)13-4-2-6-16(8-13)24-9-15-10-25-11-20-15/h1-8,10-11H,9H2,(H2,19,22)(H,21,23). The molecular formula is C18H15N3O3S. The number of primary amides is 1. The average molecular weight is 353 g/mol. The van der Waals surface area contributed by atoms with Gasteiger partial charge in [0.1, 0.15) is 12.4 Å². The number of nitrogens with two attached hydrogens (primary N) is 1. The van der Waals surface area contributed by atoms with Crippen molar-refractivity contribution in [2.24, 2.45) is 5.73 Å². The van der Waals surface area contributed by atoms with Crippen LogP contribution in [0.1, 0.15) is 26.4 Å². The van der Waals surface area contributed by atoms with Crippen LogP contribution in [0, 0.1) is 0 Å². The molecule has 126 valence electrons. The Hall–Kier alpha value is -3.19. The minimum atomic E-state index is -0.548. The van der Waals surface area contributed by atoms with Crippen molar-refractivity contribution in [3.63, 3.8) is 0 Å². The summed E-state index contributed by atoms with van der Waals surface area (Å²) in [4.78, 5) is 27.7. The van der Waals surface area contributed by atoms with Crippen LogP contribution in [0.3, 0.4) is 0 Å². The molecule has 0 saturated heterocycles. The fourth-order valence-electron chi connectivity index (χ4n) is 2.15. The van der Waals surface area contributed by atoms with Crippen molar-refractivity contribution in [2.75, 3.05) is 5.32 Å². The predicted octanol–water partition coefficient (Wildman–Crippen LogP) is 3.07. The smallest absolute Gasteiger partial charge is 0.255 e. The van der Waals surface area contributed by atoms with Crippen molar-refractivity contribution >= 4 is 28.8 Å². The lowest BCUT2D eigenvalue weighted by molar-refractivity contribution is 0.0996. The topological polar surface area (TPSA) is 94.3 Å². The molecule has 6 nitrogen and oxygen atoms in total. The molecule has 2 amide bonds. The Morgan fingerprint density at radius 2 is 1.92 bits per heavy atom. The highest BCUT2D eigenvalue weighted by Gasteiger charge is 2.09. The van der Waals surface area contributed by atoms with Gasteiger partial charge in [-0.15, -0.1) is 11.3 Å². The van der Waals surface area contributed by atoms with Gasteiger partial charge in [-0.3, -0.25) is 9.59 Å². The van der Waals surface area contributed by atoms with E-state index in [0.29, 0.717) is 29.2 Å². The summed E-state index contributed by atoms with van der Waals surface area (Å²) in [5.74, 6) is -0.277. The third kappa shape index (κ3) is 4.42. The van der Waals surface area contributed by atoms with Crippen LogP contribution in [-0.2, 0) is 6.61 Å². The van der Waals surface area contributed by atoms with Crippen molar-refractivity contribution < 1.29 is 14.3 Å². The number of rotatable bonds is 6. The van der Waals surface area contributed by atoms with E-state index in [9.17, 15) is 9.59 Å². The van der Waals surface area contributed by atoms with E-state index in [2.05, 4.69) is 10.3 Å². The van der Waals surface area contributed by atoms with Gasteiger partial charge in [0.25, 0.3) is 5.91 Å². The van der Waals surface area contributed by atoms with Crippen molar-refractivity contribution in [3.05, 3.63) is 76.2 Å². The van der Waals surface area contributed by atoms with Crippen LogP contribution in [0.15, 0.2) is 59.4 Å². The first-order chi connectivity index (χ1) is 12.1. The first kappa shape index (κ1) is 16.7. The molecule has 3 rings (SSSR count). The Balaban J connectivity index is 1.68. The molecule has 3 N–H and O–H groups in total. The van der Waals surface area contributed by atoms with Gasteiger partial charge in [0.15, 0.2) is 0 Å². The van der Waals surface area contributed by atoms with E-state index in [0.717, 1.165) is 5.69 Å². The number of aromatic nitrogens is 1. The zero-order chi connectivity index (χ0) is 17.6. The van der Waals surface area contributed by atoms with Crippen molar-refractivity contribution in [2.45, 2.75) is 6.61 Å². The van der Waals surface area contributed by atoms with Crippen molar-refractivity contribution in [1.29, 1.82) is 0 Å². The van der Waals surface area contributed by atoms with Crippen LogP contribution in [0.5, 0.6) is 5.75 Å². The number of anilines is 1. The average Bonchev–Trinajstić information content (AvgIpc) is 3.14. The Morgan fingerprint density at radius 3 is 2.68 bits per heavy atom. The van der Waals surface area contributed by atoms with Crippen molar-refractivity contribution in [3.8, 4) is 5.75 Å². The maximum Gasteiger partial charge on any atom is 0.255 e. The van der Waals surface area contributed by atoms with Crippen LogP contribution in [0.25, 0.3) is 0 Å². The Kier molecular flexibility index (Phi) is 5.06. The molecule has 0 aliphatic rings. The minimum Gasteiger partial charge on any atom is -0.487 e.